The third-order valence-electron chi connectivity index (χ3n) is 8.66. The Morgan fingerprint density at radius 3 is 1.71 bits per heavy atom. The van der Waals surface area contributed by atoms with Crippen LogP contribution in [0.25, 0.3) is 0 Å². The normalized spacial score (nSPS) is 12.6. The van der Waals surface area contributed by atoms with E-state index >= 15 is 0 Å². The fraction of sp³-hybridized carbons (Fsp3) is 0.773. The molecule has 7 heteroatoms. The van der Waals surface area contributed by atoms with Crippen molar-refractivity contribution in [3.8, 4) is 0 Å². The Hall–Kier alpha value is -2.38. The van der Waals surface area contributed by atoms with Crippen LogP contribution >= 0.6 is 0 Å². The smallest absolute Gasteiger partial charge is 0.407 e. The fourth-order valence-corrected chi connectivity index (χ4v) is 5.52. The van der Waals surface area contributed by atoms with E-state index in [1.54, 1.807) is 0 Å². The Bertz CT molecular complexity index is 883. The number of nitrogens with one attached hydrogen (secondary N) is 1. The molecular weight excluding hydrogens is 636 g/mol. The van der Waals surface area contributed by atoms with E-state index in [1.807, 2.05) is 19.0 Å². The zero-order valence-electron chi connectivity index (χ0n) is 33.7. The van der Waals surface area contributed by atoms with Crippen molar-refractivity contribution in [3.63, 3.8) is 0 Å². The molecule has 0 bridgehead atoms. The molecule has 0 aliphatic carbocycles. The zero-order valence-corrected chi connectivity index (χ0v) is 33.7. The van der Waals surface area contributed by atoms with Crippen LogP contribution in [0, 0.1) is 0 Å². The highest BCUT2D eigenvalue weighted by atomic mass is 16.6. The molecule has 0 saturated heterocycles. The third kappa shape index (κ3) is 40.3. The molecule has 1 unspecified atom stereocenters. The molecule has 0 aliphatic heterocycles. The molecule has 0 spiro atoms. The lowest BCUT2D eigenvalue weighted by Crippen LogP contribution is -2.35. The third-order valence-corrected chi connectivity index (χ3v) is 8.66. The van der Waals surface area contributed by atoms with E-state index in [9.17, 15) is 9.59 Å². The van der Waals surface area contributed by atoms with Crippen LogP contribution in [-0.4, -0.2) is 70.1 Å². The first-order valence-corrected chi connectivity index (χ1v) is 20.9. The molecule has 0 aromatic carbocycles. The van der Waals surface area contributed by atoms with Crippen LogP contribution in [0.2, 0.25) is 0 Å². The second-order valence-corrected chi connectivity index (χ2v) is 14.1. The van der Waals surface area contributed by atoms with E-state index in [4.69, 9.17) is 14.2 Å². The van der Waals surface area contributed by atoms with Gasteiger partial charge in [-0.15, -0.1) is 0 Å². The lowest BCUT2D eigenvalue weighted by Gasteiger charge is -2.19. The molecule has 0 aromatic heterocycles. The average Bonchev–Trinajstić information content (AvgIpc) is 3.11. The summed E-state index contributed by atoms with van der Waals surface area (Å²) in [5, 5.41) is 2.74. The molecule has 0 fully saturated rings. The maximum absolute atomic E-state index is 12.6. The van der Waals surface area contributed by atoms with Crippen molar-refractivity contribution >= 4 is 12.1 Å². The van der Waals surface area contributed by atoms with E-state index in [-0.39, 0.29) is 19.2 Å². The molecule has 1 amide bonds. The van der Waals surface area contributed by atoms with Crippen molar-refractivity contribution in [2.75, 3.05) is 47.0 Å². The molecule has 1 N–H and O–H groups in total. The van der Waals surface area contributed by atoms with Gasteiger partial charge in [-0.05, 0) is 84.7 Å². The number of carbonyl (C=O) groups is 2. The summed E-state index contributed by atoms with van der Waals surface area (Å²) in [5.41, 5.74) is 0. The summed E-state index contributed by atoms with van der Waals surface area (Å²) in [5.74, 6) is -0.246. The van der Waals surface area contributed by atoms with Crippen molar-refractivity contribution in [2.24, 2.45) is 0 Å². The Morgan fingerprint density at radius 2 is 1.12 bits per heavy atom. The molecule has 0 radical (unpaired) electrons. The second-order valence-electron chi connectivity index (χ2n) is 14.1. The summed E-state index contributed by atoms with van der Waals surface area (Å²) < 4.78 is 16.9. The van der Waals surface area contributed by atoms with Gasteiger partial charge >= 0.3 is 12.1 Å². The highest BCUT2D eigenvalue weighted by Crippen LogP contribution is 2.12. The van der Waals surface area contributed by atoms with Gasteiger partial charge in [0, 0.05) is 26.1 Å². The highest BCUT2D eigenvalue weighted by Gasteiger charge is 2.17. The minimum atomic E-state index is -0.596. The Kier molecular flexibility index (Phi) is 38.5. The monoisotopic (exact) mass is 717 g/mol. The van der Waals surface area contributed by atoms with Gasteiger partial charge < -0.3 is 24.4 Å². The quantitative estimate of drug-likeness (QED) is 0.0392. The van der Waals surface area contributed by atoms with E-state index in [0.717, 1.165) is 70.8 Å². The van der Waals surface area contributed by atoms with E-state index in [2.05, 4.69) is 67.8 Å². The molecule has 296 valence electrons. The molecule has 7 nitrogen and oxygen atoms in total. The summed E-state index contributed by atoms with van der Waals surface area (Å²) in [7, 11) is 3.90. The van der Waals surface area contributed by atoms with Crippen molar-refractivity contribution < 1.29 is 23.8 Å². The topological polar surface area (TPSA) is 77.1 Å². The van der Waals surface area contributed by atoms with Crippen LogP contribution < -0.4 is 5.32 Å². The number of hydrogen-bond acceptors (Lipinski definition) is 6. The van der Waals surface area contributed by atoms with E-state index < -0.39 is 12.2 Å². The van der Waals surface area contributed by atoms with Crippen LogP contribution in [0.5, 0.6) is 0 Å². The lowest BCUT2D eigenvalue weighted by molar-refractivity contribution is -0.155. The van der Waals surface area contributed by atoms with Gasteiger partial charge in [-0.2, -0.15) is 0 Å². The lowest BCUT2D eigenvalue weighted by atomic mass is 10.1. The zero-order chi connectivity index (χ0) is 37.3. The molecule has 51 heavy (non-hydrogen) atoms. The Morgan fingerprint density at radius 1 is 0.608 bits per heavy atom. The van der Waals surface area contributed by atoms with Gasteiger partial charge in [0.1, 0.15) is 6.61 Å². The van der Waals surface area contributed by atoms with Crippen molar-refractivity contribution in [2.45, 2.75) is 174 Å². The number of alkyl carbamates (subject to hydrolysis) is 1. The summed E-state index contributed by atoms with van der Waals surface area (Å²) in [6.45, 7) is 6.48. The number of nitrogens with zero attached hydrogens (tertiary/aromatic N) is 1. The van der Waals surface area contributed by atoms with Crippen LogP contribution in [0.15, 0.2) is 48.6 Å². The standard InChI is InChI=1S/C44H80N2O5/c1-5-7-9-11-13-15-17-19-21-23-25-27-29-31-33-35-39-49-40-42(41-50-44(48)45-37-38-46(3)4)51-43(47)36-34-32-30-28-26-24-22-20-18-16-14-12-10-8-6-2/h7,9,13,15,19-22,42H,5-6,8,10-12,14,16-18,23-41H2,1-4H3,(H,45,48). The van der Waals surface area contributed by atoms with Crippen LogP contribution in [0.4, 0.5) is 4.79 Å². The van der Waals surface area contributed by atoms with Crippen molar-refractivity contribution in [3.05, 3.63) is 48.6 Å². The van der Waals surface area contributed by atoms with E-state index in [0.29, 0.717) is 19.6 Å². The summed E-state index contributed by atoms with van der Waals surface area (Å²) >= 11 is 0. The number of esters is 1. The molecule has 0 heterocycles. The van der Waals surface area contributed by atoms with Gasteiger partial charge in [-0.1, -0.05) is 140 Å². The molecule has 0 aliphatic rings. The van der Waals surface area contributed by atoms with E-state index in [1.165, 1.54) is 83.5 Å². The van der Waals surface area contributed by atoms with Gasteiger partial charge in [0.05, 0.1) is 6.61 Å². The van der Waals surface area contributed by atoms with Crippen LogP contribution in [0.3, 0.4) is 0 Å². The summed E-state index contributed by atoms with van der Waals surface area (Å²) in [6.07, 6.45) is 44.6. The van der Waals surface area contributed by atoms with Crippen molar-refractivity contribution in [1.82, 2.24) is 10.2 Å². The van der Waals surface area contributed by atoms with Gasteiger partial charge in [-0.3, -0.25) is 4.79 Å². The predicted molar refractivity (Wildman–Crippen MR) is 217 cm³/mol. The SMILES string of the molecule is CCC=CCC=CCC=CCCCCCCCCOCC(COC(=O)NCCN(C)C)OC(=O)CCCCCCCC=CCCCCCCCC. The number of carbonyl (C=O) groups excluding carboxylic acids is 2. The van der Waals surface area contributed by atoms with Crippen LogP contribution in [0.1, 0.15) is 168 Å². The Labute approximate surface area is 315 Å². The maximum Gasteiger partial charge on any atom is 0.407 e. The largest absolute Gasteiger partial charge is 0.456 e. The molecule has 0 aromatic rings. The number of hydrogen-bond donors (Lipinski definition) is 1. The average molecular weight is 717 g/mol. The number of amides is 1. The predicted octanol–water partition coefficient (Wildman–Crippen LogP) is 11.8. The van der Waals surface area contributed by atoms with Gasteiger partial charge in [0.2, 0.25) is 0 Å². The first kappa shape index (κ1) is 48.6. The van der Waals surface area contributed by atoms with Gasteiger partial charge in [-0.25, -0.2) is 4.79 Å². The van der Waals surface area contributed by atoms with Gasteiger partial charge in [0.15, 0.2) is 6.10 Å². The van der Waals surface area contributed by atoms with Gasteiger partial charge in [0.25, 0.3) is 0 Å². The second kappa shape index (κ2) is 40.4. The first-order valence-electron chi connectivity index (χ1n) is 20.9. The molecule has 1 atom stereocenters. The highest BCUT2D eigenvalue weighted by molar-refractivity contribution is 5.69. The first-order chi connectivity index (χ1) is 25.0. The number of rotatable bonds is 37. The summed E-state index contributed by atoms with van der Waals surface area (Å²) in [6, 6.07) is 0. The number of likely N-dealkylation sites (N-methyl/N-ethyl adjacent to an activating group) is 1. The van der Waals surface area contributed by atoms with Crippen LogP contribution in [-0.2, 0) is 19.0 Å². The number of unbranched alkanes of at least 4 members (excludes halogenated alkanes) is 17. The van der Waals surface area contributed by atoms with Crippen molar-refractivity contribution in [1.29, 1.82) is 0 Å². The molecule has 0 saturated carbocycles. The summed E-state index contributed by atoms with van der Waals surface area (Å²) in [4.78, 5) is 26.7. The fourth-order valence-electron chi connectivity index (χ4n) is 5.52. The number of allylic oxidation sites excluding steroid dienone is 8. The maximum atomic E-state index is 12.6. The minimum absolute atomic E-state index is 0.00700. The number of ether oxygens (including phenoxy) is 3. The Balaban J connectivity index is 4.12. The molecular formula is C44H80N2O5. The molecule has 0 rings (SSSR count). The minimum Gasteiger partial charge on any atom is -0.456 e.